The Kier molecular flexibility index (Phi) is 3.54. The average molecular weight is 299 g/mol. The number of nitrogens with zero attached hydrogens (tertiary/aromatic N) is 1. The Bertz CT molecular complexity index is 514. The lowest BCUT2D eigenvalue weighted by Crippen LogP contribution is -2.15. The number of rotatable bonds is 3. The molecule has 1 unspecified atom stereocenters. The third-order valence-electron chi connectivity index (χ3n) is 3.94. The number of halogens is 1. The Morgan fingerprint density at radius 3 is 2.83 bits per heavy atom. The molecule has 2 aliphatic rings. The lowest BCUT2D eigenvalue weighted by Gasteiger charge is -2.01. The number of nitrogens with one attached hydrogen (secondary N) is 1. The number of benzene rings is 1. The van der Waals surface area contributed by atoms with Crippen LogP contribution in [0.3, 0.4) is 0 Å². The molecule has 0 amide bonds. The van der Waals surface area contributed by atoms with Crippen molar-refractivity contribution in [1.82, 2.24) is 10.3 Å². The van der Waals surface area contributed by atoms with Crippen molar-refractivity contribution in [3.05, 3.63) is 24.3 Å². The predicted molar refractivity (Wildman–Crippen MR) is 80.9 cm³/mol. The monoisotopic (exact) mass is 298 g/mol. The summed E-state index contributed by atoms with van der Waals surface area (Å²) in [4.78, 5) is 4.67. The number of thioether (sulfide) groups is 1. The Balaban J connectivity index is 0.000001000. The average Bonchev–Trinajstić information content (AvgIpc) is 2.76. The highest BCUT2D eigenvalue weighted by Crippen LogP contribution is 2.51. The summed E-state index contributed by atoms with van der Waals surface area (Å²) in [7, 11) is 0. The van der Waals surface area contributed by atoms with Crippen LogP contribution in [0.25, 0.3) is 10.2 Å². The van der Waals surface area contributed by atoms with Crippen LogP contribution in [0.5, 0.6) is 0 Å². The summed E-state index contributed by atoms with van der Waals surface area (Å²) in [5.74, 6) is 4.15. The van der Waals surface area contributed by atoms with Crippen LogP contribution in [0.4, 0.5) is 0 Å². The van der Waals surface area contributed by atoms with E-state index >= 15 is 0 Å². The first-order valence-corrected chi connectivity index (χ1v) is 7.91. The molecule has 5 heteroatoms. The highest BCUT2D eigenvalue weighted by Gasteiger charge is 2.52. The zero-order valence-corrected chi connectivity index (χ0v) is 12.3. The molecule has 18 heavy (non-hydrogen) atoms. The molecule has 2 nitrogen and oxygen atoms in total. The van der Waals surface area contributed by atoms with Crippen LogP contribution in [0.1, 0.15) is 0 Å². The molecule has 1 N–H and O–H groups in total. The van der Waals surface area contributed by atoms with E-state index in [0.717, 1.165) is 23.3 Å². The van der Waals surface area contributed by atoms with Crippen LogP contribution in [0.2, 0.25) is 0 Å². The van der Waals surface area contributed by atoms with Gasteiger partial charge in [0.15, 0.2) is 4.34 Å². The number of hydrogen-bond acceptors (Lipinski definition) is 4. The van der Waals surface area contributed by atoms with E-state index < -0.39 is 0 Å². The van der Waals surface area contributed by atoms with E-state index in [2.05, 4.69) is 34.6 Å². The minimum absolute atomic E-state index is 0. The fraction of sp³-hybridized carbons (Fsp3) is 0.462. The molecule has 0 bridgehead atoms. The second-order valence-electron chi connectivity index (χ2n) is 4.91. The van der Waals surface area contributed by atoms with Crippen LogP contribution >= 0.6 is 35.5 Å². The molecule has 1 aromatic carbocycles. The third kappa shape index (κ3) is 2.16. The molecule has 2 aromatic rings. The van der Waals surface area contributed by atoms with Gasteiger partial charge >= 0.3 is 0 Å². The van der Waals surface area contributed by atoms with E-state index in [1.165, 1.54) is 27.9 Å². The van der Waals surface area contributed by atoms with Gasteiger partial charge in [0, 0.05) is 5.75 Å². The Hall–Kier alpha value is -0.290. The summed E-state index contributed by atoms with van der Waals surface area (Å²) >= 11 is 3.78. The normalized spacial score (nSPS) is 29.0. The van der Waals surface area contributed by atoms with Gasteiger partial charge in [0.1, 0.15) is 0 Å². The molecule has 1 aliphatic heterocycles. The smallest absolute Gasteiger partial charge is 0.151 e. The van der Waals surface area contributed by atoms with Gasteiger partial charge in [0.2, 0.25) is 0 Å². The summed E-state index contributed by atoms with van der Waals surface area (Å²) in [6.45, 7) is 2.49. The molecule has 1 aliphatic carbocycles. The van der Waals surface area contributed by atoms with Gasteiger partial charge in [0.25, 0.3) is 0 Å². The molecule has 0 radical (unpaired) electrons. The molecule has 2 heterocycles. The molecule has 96 valence electrons. The van der Waals surface area contributed by atoms with Gasteiger partial charge in [0.05, 0.1) is 10.2 Å². The summed E-state index contributed by atoms with van der Waals surface area (Å²) in [5, 5.41) is 3.45. The summed E-state index contributed by atoms with van der Waals surface area (Å²) in [6, 6.07) is 8.41. The lowest BCUT2D eigenvalue weighted by atomic mass is 10.3. The predicted octanol–water partition coefficient (Wildman–Crippen LogP) is 3.28. The van der Waals surface area contributed by atoms with Crippen molar-refractivity contribution in [1.29, 1.82) is 0 Å². The number of hydrogen-bond donors (Lipinski definition) is 1. The largest absolute Gasteiger partial charge is 0.316 e. The highest BCUT2D eigenvalue weighted by molar-refractivity contribution is 8.01. The first-order valence-electron chi connectivity index (χ1n) is 6.11. The van der Waals surface area contributed by atoms with E-state index in [1.807, 2.05) is 23.1 Å². The van der Waals surface area contributed by atoms with Crippen LogP contribution < -0.4 is 5.32 Å². The van der Waals surface area contributed by atoms with E-state index in [0.29, 0.717) is 0 Å². The Labute approximate surface area is 121 Å². The second-order valence-corrected chi connectivity index (χ2v) is 7.21. The first-order chi connectivity index (χ1) is 8.42. The zero-order valence-electron chi connectivity index (χ0n) is 9.83. The van der Waals surface area contributed by atoms with Gasteiger partial charge in [-0.1, -0.05) is 23.9 Å². The topological polar surface area (TPSA) is 24.9 Å². The minimum atomic E-state index is 0. The maximum atomic E-state index is 4.67. The van der Waals surface area contributed by atoms with Crippen LogP contribution in [0.15, 0.2) is 28.6 Å². The maximum absolute atomic E-state index is 4.67. The van der Waals surface area contributed by atoms with Crippen molar-refractivity contribution in [3.8, 4) is 0 Å². The fourth-order valence-corrected chi connectivity index (χ4v) is 5.27. The van der Waals surface area contributed by atoms with Gasteiger partial charge in [-0.05, 0) is 43.0 Å². The number of thiazole rings is 1. The van der Waals surface area contributed by atoms with Gasteiger partial charge in [-0.3, -0.25) is 0 Å². The zero-order chi connectivity index (χ0) is 11.2. The number of para-hydroxylation sites is 1. The van der Waals surface area contributed by atoms with E-state index in [4.69, 9.17) is 0 Å². The molecule has 2 fully saturated rings. The Morgan fingerprint density at radius 2 is 2.06 bits per heavy atom. The summed E-state index contributed by atoms with van der Waals surface area (Å²) in [6.07, 6.45) is 0. The first kappa shape index (κ1) is 12.7. The summed E-state index contributed by atoms with van der Waals surface area (Å²) in [5.41, 5.74) is 1.15. The second kappa shape index (κ2) is 5.00. The SMILES string of the molecule is Cl.c1ccc2sc(SCC3[C@H]4CNC[C@@H]34)nc2c1. The molecular formula is C13H15ClN2S2. The highest BCUT2D eigenvalue weighted by atomic mass is 35.5. The van der Waals surface area contributed by atoms with Crippen molar-refractivity contribution >= 4 is 45.7 Å². The van der Waals surface area contributed by atoms with Crippen LogP contribution in [-0.2, 0) is 0 Å². The molecule has 0 spiro atoms. The van der Waals surface area contributed by atoms with E-state index in [-0.39, 0.29) is 12.4 Å². The van der Waals surface area contributed by atoms with Crippen molar-refractivity contribution in [2.75, 3.05) is 18.8 Å². The minimum Gasteiger partial charge on any atom is -0.316 e. The van der Waals surface area contributed by atoms with Gasteiger partial charge < -0.3 is 5.32 Å². The fourth-order valence-electron chi connectivity index (χ4n) is 2.87. The van der Waals surface area contributed by atoms with Crippen molar-refractivity contribution in [2.45, 2.75) is 4.34 Å². The number of piperidine rings is 1. The Morgan fingerprint density at radius 1 is 1.28 bits per heavy atom. The van der Waals surface area contributed by atoms with Gasteiger partial charge in [-0.25, -0.2) is 4.98 Å². The molecular weight excluding hydrogens is 284 g/mol. The van der Waals surface area contributed by atoms with Gasteiger partial charge in [-0.15, -0.1) is 23.7 Å². The number of fused-ring (bicyclic) bond motifs is 2. The quantitative estimate of drug-likeness (QED) is 0.880. The van der Waals surface area contributed by atoms with E-state index in [9.17, 15) is 0 Å². The molecule has 1 aromatic heterocycles. The third-order valence-corrected chi connectivity index (χ3v) is 6.27. The standard InChI is InChI=1S/C13H14N2S2.ClH/c1-2-4-12-11(3-1)15-13(17-12)16-7-10-8-5-14-6-9(8)10;/h1-4,8-10,14H,5-7H2;1H/t8-,9+,10?;. The summed E-state index contributed by atoms with van der Waals surface area (Å²) < 4.78 is 2.55. The van der Waals surface area contributed by atoms with Crippen molar-refractivity contribution < 1.29 is 0 Å². The lowest BCUT2D eigenvalue weighted by molar-refractivity contribution is 0.640. The van der Waals surface area contributed by atoms with Crippen molar-refractivity contribution in [2.24, 2.45) is 17.8 Å². The molecule has 3 atom stereocenters. The molecule has 1 saturated heterocycles. The van der Waals surface area contributed by atoms with Crippen LogP contribution in [-0.4, -0.2) is 23.8 Å². The van der Waals surface area contributed by atoms with Crippen molar-refractivity contribution in [3.63, 3.8) is 0 Å². The van der Waals surface area contributed by atoms with E-state index in [1.54, 1.807) is 0 Å². The van der Waals surface area contributed by atoms with Crippen LogP contribution in [0, 0.1) is 17.8 Å². The maximum Gasteiger partial charge on any atom is 0.151 e. The van der Waals surface area contributed by atoms with Gasteiger partial charge in [-0.2, -0.15) is 0 Å². The number of aromatic nitrogens is 1. The molecule has 1 saturated carbocycles. The molecule has 4 rings (SSSR count).